The zero-order valence-corrected chi connectivity index (χ0v) is 14.4. The lowest BCUT2D eigenvalue weighted by molar-refractivity contribution is -0.385. The average Bonchev–Trinajstić information content (AvgIpc) is 2.54. The van der Waals surface area contributed by atoms with Crippen LogP contribution in [-0.2, 0) is 6.42 Å². The Morgan fingerprint density at radius 3 is 2.57 bits per heavy atom. The number of halogens is 1. The molecule has 0 atom stereocenters. The van der Waals surface area contributed by atoms with Gasteiger partial charge in [-0.3, -0.25) is 14.9 Å². The Hall–Kier alpha value is -1.66. The second-order valence-electron chi connectivity index (χ2n) is 5.75. The number of hydrogen-bond donors (Lipinski definition) is 1. The lowest BCUT2D eigenvalue weighted by Crippen LogP contribution is -2.40. The molecule has 1 N–H and O–H groups in total. The number of rotatable bonds is 5. The van der Waals surface area contributed by atoms with E-state index in [9.17, 15) is 14.9 Å². The van der Waals surface area contributed by atoms with Gasteiger partial charge in [0, 0.05) is 30.3 Å². The zero-order chi connectivity index (χ0) is 16.1. The van der Waals surface area contributed by atoms with Gasteiger partial charge in [-0.15, -0.1) is 12.4 Å². The van der Waals surface area contributed by atoms with E-state index in [-0.39, 0.29) is 24.0 Å². The van der Waals surface area contributed by atoms with E-state index in [2.05, 4.69) is 5.32 Å². The van der Waals surface area contributed by atoms with Crippen molar-refractivity contribution in [1.29, 1.82) is 0 Å². The molecule has 0 radical (unpaired) electrons. The Kier molecular flexibility index (Phi) is 7.45. The van der Waals surface area contributed by atoms with Crippen molar-refractivity contribution >= 4 is 24.0 Å². The molecule has 1 amide bonds. The highest BCUT2D eigenvalue weighted by Crippen LogP contribution is 2.23. The number of piperidine rings is 1. The van der Waals surface area contributed by atoms with Crippen molar-refractivity contribution < 1.29 is 9.72 Å². The van der Waals surface area contributed by atoms with Crippen LogP contribution in [0.5, 0.6) is 0 Å². The summed E-state index contributed by atoms with van der Waals surface area (Å²) in [5, 5.41) is 14.3. The first-order chi connectivity index (χ1) is 10.6. The minimum atomic E-state index is -0.408. The molecule has 2 rings (SSSR count). The SMILES string of the molecule is CCc1ccc(C(=O)N2CCC(CNC)CC2)cc1[N+](=O)[O-].Cl. The monoisotopic (exact) mass is 341 g/mol. The van der Waals surface area contributed by atoms with Gasteiger partial charge in [0.25, 0.3) is 11.6 Å². The molecule has 1 saturated heterocycles. The summed E-state index contributed by atoms with van der Waals surface area (Å²) in [6, 6.07) is 4.81. The topological polar surface area (TPSA) is 75.5 Å². The van der Waals surface area contributed by atoms with Gasteiger partial charge in [-0.05, 0) is 44.8 Å². The molecule has 1 aliphatic rings. The molecule has 23 heavy (non-hydrogen) atoms. The summed E-state index contributed by atoms with van der Waals surface area (Å²) in [7, 11) is 1.94. The van der Waals surface area contributed by atoms with Crippen molar-refractivity contribution in [3.05, 3.63) is 39.4 Å². The maximum atomic E-state index is 12.5. The highest BCUT2D eigenvalue weighted by atomic mass is 35.5. The van der Waals surface area contributed by atoms with Gasteiger partial charge in [0.2, 0.25) is 0 Å². The van der Waals surface area contributed by atoms with Crippen molar-refractivity contribution in [3.63, 3.8) is 0 Å². The normalized spacial score (nSPS) is 15.1. The van der Waals surface area contributed by atoms with E-state index in [1.165, 1.54) is 6.07 Å². The fourth-order valence-corrected chi connectivity index (χ4v) is 2.98. The van der Waals surface area contributed by atoms with Gasteiger partial charge >= 0.3 is 0 Å². The second-order valence-corrected chi connectivity index (χ2v) is 5.75. The smallest absolute Gasteiger partial charge is 0.273 e. The van der Waals surface area contributed by atoms with Crippen molar-refractivity contribution in [2.45, 2.75) is 26.2 Å². The summed E-state index contributed by atoms with van der Waals surface area (Å²) in [5.41, 5.74) is 1.11. The molecule has 1 fully saturated rings. The first-order valence-electron chi connectivity index (χ1n) is 7.78. The molecular weight excluding hydrogens is 318 g/mol. The molecule has 6 nitrogen and oxygen atoms in total. The number of nitrogens with zero attached hydrogens (tertiary/aromatic N) is 2. The number of hydrogen-bond acceptors (Lipinski definition) is 4. The highest BCUT2D eigenvalue weighted by molar-refractivity contribution is 5.95. The lowest BCUT2D eigenvalue weighted by Gasteiger charge is -2.32. The number of amides is 1. The Labute approximate surface area is 142 Å². The van der Waals surface area contributed by atoms with E-state index >= 15 is 0 Å². The maximum absolute atomic E-state index is 12.5. The van der Waals surface area contributed by atoms with Crippen LogP contribution in [0.25, 0.3) is 0 Å². The predicted octanol–water partition coefficient (Wildman–Crippen LogP) is 2.65. The van der Waals surface area contributed by atoms with E-state index in [0.717, 1.165) is 19.4 Å². The number of benzene rings is 1. The van der Waals surface area contributed by atoms with E-state index < -0.39 is 4.92 Å². The van der Waals surface area contributed by atoms with Crippen molar-refractivity contribution in [2.24, 2.45) is 5.92 Å². The van der Waals surface area contributed by atoms with Gasteiger partial charge in [-0.1, -0.05) is 13.0 Å². The van der Waals surface area contributed by atoms with Crippen molar-refractivity contribution in [3.8, 4) is 0 Å². The van der Waals surface area contributed by atoms with Crippen LogP contribution in [0.1, 0.15) is 35.7 Å². The summed E-state index contributed by atoms with van der Waals surface area (Å²) in [4.78, 5) is 25.0. The molecule has 1 heterocycles. The largest absolute Gasteiger partial charge is 0.339 e. The molecule has 1 aliphatic heterocycles. The minimum absolute atomic E-state index is 0. The van der Waals surface area contributed by atoms with Crippen molar-refractivity contribution in [1.82, 2.24) is 10.2 Å². The van der Waals surface area contributed by atoms with Crippen molar-refractivity contribution in [2.75, 3.05) is 26.7 Å². The number of nitro benzene ring substituents is 1. The Bertz CT molecular complexity index is 558. The summed E-state index contributed by atoms with van der Waals surface area (Å²) in [5.74, 6) is 0.500. The van der Waals surface area contributed by atoms with Gasteiger partial charge < -0.3 is 10.2 Å². The Morgan fingerprint density at radius 1 is 1.39 bits per heavy atom. The molecule has 1 aromatic carbocycles. The molecule has 0 aromatic heterocycles. The summed E-state index contributed by atoms with van der Waals surface area (Å²) < 4.78 is 0. The molecule has 1 aromatic rings. The average molecular weight is 342 g/mol. The number of nitro groups is 1. The van der Waals surface area contributed by atoms with Crippen LogP contribution in [-0.4, -0.2) is 42.4 Å². The quantitative estimate of drug-likeness (QED) is 0.660. The molecule has 0 bridgehead atoms. The van der Waals surface area contributed by atoms with Crippen LogP contribution >= 0.6 is 12.4 Å². The zero-order valence-electron chi connectivity index (χ0n) is 13.6. The molecule has 7 heteroatoms. The molecule has 0 spiro atoms. The van der Waals surface area contributed by atoms with Gasteiger partial charge in [0.1, 0.15) is 0 Å². The van der Waals surface area contributed by atoms with Gasteiger partial charge in [0.15, 0.2) is 0 Å². The first-order valence-corrected chi connectivity index (χ1v) is 7.78. The lowest BCUT2D eigenvalue weighted by atomic mass is 9.96. The Balaban J connectivity index is 0.00000264. The van der Waals surface area contributed by atoms with Crippen LogP contribution < -0.4 is 5.32 Å². The van der Waals surface area contributed by atoms with Crippen LogP contribution in [0, 0.1) is 16.0 Å². The number of nitrogens with one attached hydrogen (secondary N) is 1. The molecule has 0 unspecified atom stereocenters. The van der Waals surface area contributed by atoms with Gasteiger partial charge in [-0.2, -0.15) is 0 Å². The summed E-state index contributed by atoms with van der Waals surface area (Å²) in [6.45, 7) is 4.28. The summed E-state index contributed by atoms with van der Waals surface area (Å²) >= 11 is 0. The van der Waals surface area contributed by atoms with Gasteiger partial charge in [-0.25, -0.2) is 0 Å². The number of aryl methyl sites for hydroxylation is 1. The number of carbonyl (C=O) groups is 1. The van der Waals surface area contributed by atoms with Crippen LogP contribution in [0.2, 0.25) is 0 Å². The highest BCUT2D eigenvalue weighted by Gasteiger charge is 2.25. The van der Waals surface area contributed by atoms with Gasteiger partial charge in [0.05, 0.1) is 4.92 Å². The third-order valence-electron chi connectivity index (χ3n) is 4.30. The van der Waals surface area contributed by atoms with Crippen LogP contribution in [0.3, 0.4) is 0 Å². The fraction of sp³-hybridized carbons (Fsp3) is 0.562. The molecule has 0 saturated carbocycles. The number of likely N-dealkylation sites (tertiary alicyclic amines) is 1. The fourth-order valence-electron chi connectivity index (χ4n) is 2.98. The van der Waals surface area contributed by atoms with E-state index in [4.69, 9.17) is 0 Å². The molecular formula is C16H24ClN3O3. The third-order valence-corrected chi connectivity index (χ3v) is 4.30. The molecule has 128 valence electrons. The second kappa shape index (κ2) is 8.84. The van der Waals surface area contributed by atoms with Crippen LogP contribution in [0.4, 0.5) is 5.69 Å². The van der Waals surface area contributed by atoms with E-state index in [0.29, 0.717) is 36.6 Å². The standard InChI is InChI=1S/C16H23N3O3.ClH/c1-3-13-4-5-14(10-15(13)19(21)22)16(20)18-8-6-12(7-9-18)11-17-2;/h4-5,10,12,17H,3,6-9,11H2,1-2H3;1H. The summed E-state index contributed by atoms with van der Waals surface area (Å²) in [6.07, 6.45) is 2.53. The Morgan fingerprint density at radius 2 is 2.04 bits per heavy atom. The van der Waals surface area contributed by atoms with Crippen LogP contribution in [0.15, 0.2) is 18.2 Å². The minimum Gasteiger partial charge on any atom is -0.339 e. The molecule has 0 aliphatic carbocycles. The first kappa shape index (κ1) is 19.4. The maximum Gasteiger partial charge on any atom is 0.273 e. The number of carbonyl (C=O) groups excluding carboxylic acids is 1. The predicted molar refractivity (Wildman–Crippen MR) is 92.3 cm³/mol. The van der Waals surface area contributed by atoms with E-state index in [1.807, 2.05) is 14.0 Å². The third kappa shape index (κ3) is 4.65. The van der Waals surface area contributed by atoms with E-state index in [1.54, 1.807) is 17.0 Å².